The maximum absolute atomic E-state index is 13.0. The number of urea groups is 1. The summed E-state index contributed by atoms with van der Waals surface area (Å²) in [6, 6.07) is 8.26. The van der Waals surface area contributed by atoms with E-state index in [4.69, 9.17) is 23.2 Å². The van der Waals surface area contributed by atoms with E-state index >= 15 is 0 Å². The van der Waals surface area contributed by atoms with Crippen molar-refractivity contribution in [2.75, 3.05) is 10.6 Å². The topological polar surface area (TPSA) is 61.4 Å². The molecule has 3 rings (SSSR count). The van der Waals surface area contributed by atoms with Gasteiger partial charge in [0.25, 0.3) is 0 Å². The highest BCUT2D eigenvalue weighted by Gasteiger charge is 2.33. The number of carbonyl (C=O) groups excluding carboxylic acids is 1. The van der Waals surface area contributed by atoms with Gasteiger partial charge in [0.2, 0.25) is 0 Å². The number of nitrogens with one attached hydrogen (secondary N) is 2. The van der Waals surface area contributed by atoms with Crippen molar-refractivity contribution in [1.82, 2.24) is 0 Å². The third kappa shape index (κ3) is 4.29. The fourth-order valence-corrected chi connectivity index (χ4v) is 3.75. The van der Waals surface area contributed by atoms with Crippen LogP contribution in [0, 0.1) is 0 Å². The molecule has 4 nitrogen and oxygen atoms in total. The lowest BCUT2D eigenvalue weighted by Crippen LogP contribution is -2.20. The molecule has 0 bridgehead atoms. The van der Waals surface area contributed by atoms with E-state index in [9.17, 15) is 23.1 Å². The molecule has 3 aromatic carbocycles. The third-order valence-corrected chi connectivity index (χ3v) is 5.07. The number of alkyl halides is 3. The van der Waals surface area contributed by atoms with Crippen molar-refractivity contribution in [1.29, 1.82) is 0 Å². The largest absolute Gasteiger partial charge is 0.508 e. The summed E-state index contributed by atoms with van der Waals surface area (Å²) in [7, 11) is 0. The molecule has 0 radical (unpaired) electrons. The lowest BCUT2D eigenvalue weighted by atomic mass is 10.1. The predicted octanol–water partition coefficient (Wildman–Crippen LogP) is 7.28. The highest BCUT2D eigenvalue weighted by Crippen LogP contribution is 2.39. The molecule has 0 spiro atoms. The second-order valence-electron chi connectivity index (χ2n) is 5.72. The van der Waals surface area contributed by atoms with Crippen molar-refractivity contribution in [3.05, 3.63) is 62.5 Å². The molecule has 0 atom stereocenters. The van der Waals surface area contributed by atoms with Crippen LogP contribution in [-0.4, -0.2) is 11.1 Å². The van der Waals surface area contributed by atoms with Crippen molar-refractivity contribution in [2.45, 2.75) is 6.18 Å². The Kier molecular flexibility index (Phi) is 5.65. The molecule has 28 heavy (non-hydrogen) atoms. The molecule has 0 saturated heterocycles. The Hall–Kier alpha value is -2.16. The van der Waals surface area contributed by atoms with E-state index in [1.807, 2.05) is 0 Å². The normalized spacial score (nSPS) is 11.5. The fourth-order valence-electron chi connectivity index (χ4n) is 2.56. The summed E-state index contributed by atoms with van der Waals surface area (Å²) < 4.78 is 39.5. The molecule has 3 N–H and O–H groups in total. The molecule has 0 aromatic heterocycles. The minimum absolute atomic E-state index is 0.0438. The Morgan fingerprint density at radius 3 is 2.36 bits per heavy atom. The molecule has 0 aliphatic heterocycles. The predicted molar refractivity (Wildman–Crippen MR) is 107 cm³/mol. The lowest BCUT2D eigenvalue weighted by molar-refractivity contribution is -0.137. The zero-order chi connectivity index (χ0) is 20.6. The molecular weight excluding hydrogens is 484 g/mol. The van der Waals surface area contributed by atoms with Gasteiger partial charge >= 0.3 is 12.2 Å². The number of hydrogen-bond donors (Lipinski definition) is 3. The molecule has 0 saturated carbocycles. The average Bonchev–Trinajstić information content (AvgIpc) is 2.59. The first-order valence-electron chi connectivity index (χ1n) is 7.62. The van der Waals surface area contributed by atoms with E-state index in [0.717, 1.165) is 12.1 Å². The fraction of sp³-hybridized carbons (Fsp3) is 0.0556. The van der Waals surface area contributed by atoms with Gasteiger partial charge in [-0.3, -0.25) is 0 Å². The summed E-state index contributed by atoms with van der Waals surface area (Å²) in [6.45, 7) is 0. The molecule has 0 aliphatic carbocycles. The van der Waals surface area contributed by atoms with Crippen LogP contribution in [0.15, 0.2) is 46.9 Å². The highest BCUT2D eigenvalue weighted by molar-refractivity contribution is 9.10. The van der Waals surface area contributed by atoms with Gasteiger partial charge in [0, 0.05) is 15.5 Å². The average molecular weight is 494 g/mol. The SMILES string of the molecule is O=C(Nc1ccc(Cl)c(C(F)(F)F)c1)Nc1c(Cl)cc(Br)c2ccc(O)cc12. The second-order valence-corrected chi connectivity index (χ2v) is 7.39. The third-order valence-electron chi connectivity index (χ3n) is 3.79. The smallest absolute Gasteiger partial charge is 0.417 e. The van der Waals surface area contributed by atoms with Crippen LogP contribution in [0.1, 0.15) is 5.56 Å². The van der Waals surface area contributed by atoms with Crippen LogP contribution in [-0.2, 0) is 6.18 Å². The molecule has 10 heteroatoms. The van der Waals surface area contributed by atoms with Gasteiger partial charge in [-0.1, -0.05) is 39.1 Å². The number of phenolic OH excluding ortho intramolecular Hbond substituents is 1. The first kappa shape index (κ1) is 20.6. The van der Waals surface area contributed by atoms with Gasteiger partial charge in [0.15, 0.2) is 0 Å². The van der Waals surface area contributed by atoms with Crippen molar-refractivity contribution in [2.24, 2.45) is 0 Å². The van der Waals surface area contributed by atoms with Crippen molar-refractivity contribution < 1.29 is 23.1 Å². The monoisotopic (exact) mass is 492 g/mol. The van der Waals surface area contributed by atoms with E-state index < -0.39 is 22.8 Å². The van der Waals surface area contributed by atoms with Crippen LogP contribution in [0.2, 0.25) is 10.0 Å². The second kappa shape index (κ2) is 7.69. The first-order valence-corrected chi connectivity index (χ1v) is 9.16. The number of halogens is 6. The van der Waals surface area contributed by atoms with Gasteiger partial charge in [-0.2, -0.15) is 13.2 Å². The molecule has 146 valence electrons. The van der Waals surface area contributed by atoms with Crippen LogP contribution in [0.5, 0.6) is 5.75 Å². The van der Waals surface area contributed by atoms with Gasteiger partial charge in [0.05, 0.1) is 21.3 Å². The Labute approximate surface area is 175 Å². The minimum atomic E-state index is -4.66. The molecule has 3 aromatic rings. The van der Waals surface area contributed by atoms with E-state index in [1.54, 1.807) is 12.1 Å². The van der Waals surface area contributed by atoms with Crippen molar-refractivity contribution in [3.8, 4) is 5.75 Å². The number of benzene rings is 3. The number of fused-ring (bicyclic) bond motifs is 1. The van der Waals surface area contributed by atoms with Crippen LogP contribution in [0.4, 0.5) is 29.3 Å². The van der Waals surface area contributed by atoms with Crippen LogP contribution < -0.4 is 10.6 Å². The number of rotatable bonds is 2. The highest BCUT2D eigenvalue weighted by atomic mass is 79.9. The number of carbonyl (C=O) groups is 1. The number of anilines is 2. The molecule has 0 heterocycles. The molecule has 2 amide bonds. The summed E-state index contributed by atoms with van der Waals surface area (Å²) in [4.78, 5) is 12.3. The minimum Gasteiger partial charge on any atom is -0.508 e. The van der Waals surface area contributed by atoms with Gasteiger partial charge < -0.3 is 15.7 Å². The molecular formula is C18H10BrCl2F3N2O2. The van der Waals surface area contributed by atoms with E-state index in [-0.39, 0.29) is 22.1 Å². The van der Waals surface area contributed by atoms with Gasteiger partial charge in [-0.05, 0) is 47.9 Å². The number of phenols is 1. The summed E-state index contributed by atoms with van der Waals surface area (Å²) in [6.07, 6.45) is -4.66. The molecule has 0 aliphatic rings. The van der Waals surface area contributed by atoms with Crippen LogP contribution >= 0.6 is 39.1 Å². The zero-order valence-electron chi connectivity index (χ0n) is 13.7. The molecule has 0 fully saturated rings. The van der Waals surface area contributed by atoms with Crippen LogP contribution in [0.25, 0.3) is 10.8 Å². The number of hydrogen-bond acceptors (Lipinski definition) is 2. The Balaban J connectivity index is 1.92. The number of aromatic hydroxyl groups is 1. The van der Waals surface area contributed by atoms with Gasteiger partial charge in [0.1, 0.15) is 5.75 Å². The Bertz CT molecular complexity index is 1090. The van der Waals surface area contributed by atoms with Gasteiger partial charge in [-0.15, -0.1) is 0 Å². The van der Waals surface area contributed by atoms with Crippen molar-refractivity contribution in [3.63, 3.8) is 0 Å². The summed E-state index contributed by atoms with van der Waals surface area (Å²) in [5.41, 5.74) is -0.975. The lowest BCUT2D eigenvalue weighted by Gasteiger charge is -2.15. The summed E-state index contributed by atoms with van der Waals surface area (Å²) in [5, 5.41) is 15.4. The van der Waals surface area contributed by atoms with Crippen LogP contribution in [0.3, 0.4) is 0 Å². The zero-order valence-corrected chi connectivity index (χ0v) is 16.8. The first-order chi connectivity index (χ1) is 13.1. The van der Waals surface area contributed by atoms with E-state index in [2.05, 4.69) is 26.6 Å². The van der Waals surface area contributed by atoms with Gasteiger partial charge in [-0.25, -0.2) is 4.79 Å². The standard InChI is InChI=1S/C18H10BrCl2F3N2O2/c19-13-7-15(21)16(11-6-9(27)2-3-10(11)13)26-17(28)25-8-1-4-14(20)12(5-8)18(22,23)24/h1-7,27H,(H2,25,26,28). The quantitative estimate of drug-likeness (QED) is 0.351. The van der Waals surface area contributed by atoms with Crippen molar-refractivity contribution >= 4 is 67.3 Å². The Morgan fingerprint density at radius 1 is 0.964 bits per heavy atom. The van der Waals surface area contributed by atoms with E-state index in [0.29, 0.717) is 15.2 Å². The summed E-state index contributed by atoms with van der Waals surface area (Å²) in [5.74, 6) is -0.0438. The maximum Gasteiger partial charge on any atom is 0.417 e. The maximum atomic E-state index is 13.0. The Morgan fingerprint density at radius 2 is 1.68 bits per heavy atom. The number of amides is 2. The molecule has 0 unspecified atom stereocenters. The summed E-state index contributed by atoms with van der Waals surface area (Å²) >= 11 is 15.1. The van der Waals surface area contributed by atoms with E-state index in [1.165, 1.54) is 18.2 Å².